The van der Waals surface area contributed by atoms with E-state index in [1.807, 2.05) is 54.6 Å². The maximum absolute atomic E-state index is 12.9. The van der Waals surface area contributed by atoms with Crippen LogP contribution in [0.3, 0.4) is 0 Å². The first-order valence-corrected chi connectivity index (χ1v) is 12.6. The molecule has 2 aromatic heterocycles. The van der Waals surface area contributed by atoms with Gasteiger partial charge in [-0.05, 0) is 42.7 Å². The molecule has 2 heterocycles. The number of benzene rings is 2. The van der Waals surface area contributed by atoms with Crippen LogP contribution in [0, 0.1) is 0 Å². The summed E-state index contributed by atoms with van der Waals surface area (Å²) in [5.74, 6) is 0.697. The summed E-state index contributed by atoms with van der Waals surface area (Å²) in [7, 11) is -3.15. The highest BCUT2D eigenvalue weighted by atomic mass is 32.2. The van der Waals surface area contributed by atoms with Gasteiger partial charge in [0.05, 0.1) is 28.3 Å². The summed E-state index contributed by atoms with van der Waals surface area (Å²) in [6.07, 6.45) is 7.96. The van der Waals surface area contributed by atoms with Crippen LogP contribution in [0.25, 0.3) is 16.7 Å². The van der Waals surface area contributed by atoms with Crippen molar-refractivity contribution in [3.63, 3.8) is 0 Å². The lowest BCUT2D eigenvalue weighted by molar-refractivity contribution is 0.483. The predicted octanol–water partition coefficient (Wildman–Crippen LogP) is 4.81. The zero-order valence-corrected chi connectivity index (χ0v) is 18.5. The number of aromatic nitrogens is 4. The van der Waals surface area contributed by atoms with Gasteiger partial charge in [0.2, 0.25) is 0 Å². The van der Waals surface area contributed by atoms with Crippen LogP contribution in [0.15, 0.2) is 67.1 Å². The number of nitrogens with one attached hydrogen (secondary N) is 1. The fourth-order valence-corrected chi connectivity index (χ4v) is 6.28. The fourth-order valence-electron chi connectivity index (χ4n) is 4.35. The quantitative estimate of drug-likeness (QED) is 0.456. The number of fused-ring (bicyclic) bond motifs is 1. The molecule has 164 valence electrons. The molecule has 0 spiro atoms. The molecule has 0 radical (unpaired) electrons. The molecule has 0 bridgehead atoms. The SMILES string of the molecule is O=S(=O)(Cc1cccc(Nc2ncnc3c2cnn3-c2ccccc2)c1)C1CCCCC1. The Kier molecular flexibility index (Phi) is 5.61. The lowest BCUT2D eigenvalue weighted by Crippen LogP contribution is -2.25. The van der Waals surface area contributed by atoms with E-state index >= 15 is 0 Å². The molecule has 1 aliphatic carbocycles. The number of anilines is 2. The molecule has 1 saturated carbocycles. The van der Waals surface area contributed by atoms with Crippen molar-refractivity contribution >= 4 is 32.4 Å². The summed E-state index contributed by atoms with van der Waals surface area (Å²) < 4.78 is 27.5. The summed E-state index contributed by atoms with van der Waals surface area (Å²) in [6.45, 7) is 0. The summed E-state index contributed by atoms with van der Waals surface area (Å²) in [5, 5.41) is 8.38. The van der Waals surface area contributed by atoms with E-state index in [-0.39, 0.29) is 11.0 Å². The van der Waals surface area contributed by atoms with E-state index in [9.17, 15) is 8.42 Å². The standard InChI is InChI=1S/C24H25N5O2S/c30-32(31,21-12-5-2-6-13-21)16-18-8-7-9-19(14-18)28-23-22-15-27-29(24(22)26-17-25-23)20-10-3-1-4-11-20/h1,3-4,7-11,14-15,17,21H,2,5-6,12-13,16H2,(H,25,26,28). The highest BCUT2D eigenvalue weighted by molar-refractivity contribution is 7.91. The summed E-state index contributed by atoms with van der Waals surface area (Å²) in [4.78, 5) is 8.80. The van der Waals surface area contributed by atoms with E-state index < -0.39 is 9.84 Å². The number of hydrogen-bond donors (Lipinski definition) is 1. The maximum Gasteiger partial charge on any atom is 0.168 e. The molecule has 0 saturated heterocycles. The molecule has 5 rings (SSSR count). The number of sulfone groups is 1. The van der Waals surface area contributed by atoms with Gasteiger partial charge in [0, 0.05) is 5.69 Å². The highest BCUT2D eigenvalue weighted by Crippen LogP contribution is 2.28. The Labute approximate surface area is 187 Å². The number of hydrogen-bond acceptors (Lipinski definition) is 6. The fraction of sp³-hybridized carbons (Fsp3) is 0.292. The first-order valence-electron chi connectivity index (χ1n) is 10.9. The lowest BCUT2D eigenvalue weighted by atomic mass is 10.0. The van der Waals surface area contributed by atoms with Crippen molar-refractivity contribution in [3.05, 3.63) is 72.7 Å². The molecule has 1 N–H and O–H groups in total. The van der Waals surface area contributed by atoms with Gasteiger partial charge in [-0.1, -0.05) is 49.6 Å². The van der Waals surface area contributed by atoms with Gasteiger partial charge in [0.25, 0.3) is 0 Å². The first-order chi connectivity index (χ1) is 15.6. The maximum atomic E-state index is 12.9. The lowest BCUT2D eigenvalue weighted by Gasteiger charge is -2.21. The molecule has 0 aliphatic heterocycles. The van der Waals surface area contributed by atoms with Crippen LogP contribution >= 0.6 is 0 Å². The van der Waals surface area contributed by atoms with Gasteiger partial charge in [0.1, 0.15) is 12.1 Å². The van der Waals surface area contributed by atoms with Crippen LogP contribution in [0.1, 0.15) is 37.7 Å². The second-order valence-corrected chi connectivity index (χ2v) is 10.5. The van der Waals surface area contributed by atoms with Crippen molar-refractivity contribution in [2.75, 3.05) is 5.32 Å². The second-order valence-electron chi connectivity index (χ2n) is 8.24. The Bertz CT molecular complexity index is 1330. The molecule has 8 heteroatoms. The summed E-state index contributed by atoms with van der Waals surface area (Å²) in [6, 6.07) is 17.3. The Morgan fingerprint density at radius 2 is 1.78 bits per heavy atom. The molecular weight excluding hydrogens is 422 g/mol. The minimum absolute atomic E-state index is 0.0678. The summed E-state index contributed by atoms with van der Waals surface area (Å²) in [5.41, 5.74) is 3.19. The van der Waals surface area contributed by atoms with Crippen molar-refractivity contribution in [1.29, 1.82) is 0 Å². The van der Waals surface area contributed by atoms with Crippen LogP contribution in [0.2, 0.25) is 0 Å². The minimum Gasteiger partial charge on any atom is -0.340 e. The molecule has 2 aromatic carbocycles. The van der Waals surface area contributed by atoms with Crippen molar-refractivity contribution < 1.29 is 8.42 Å². The van der Waals surface area contributed by atoms with Gasteiger partial charge >= 0.3 is 0 Å². The zero-order chi connectivity index (χ0) is 22.0. The average Bonchev–Trinajstić information content (AvgIpc) is 3.26. The second kappa shape index (κ2) is 8.70. The van der Waals surface area contributed by atoms with E-state index in [2.05, 4.69) is 20.4 Å². The molecule has 0 atom stereocenters. The van der Waals surface area contributed by atoms with Crippen LogP contribution in [0.5, 0.6) is 0 Å². The first kappa shape index (κ1) is 20.6. The third-order valence-corrected chi connectivity index (χ3v) is 8.21. The van der Waals surface area contributed by atoms with Crippen molar-refractivity contribution in [1.82, 2.24) is 19.7 Å². The molecule has 0 amide bonds. The van der Waals surface area contributed by atoms with Gasteiger partial charge in [0.15, 0.2) is 15.5 Å². The van der Waals surface area contributed by atoms with Crippen LogP contribution in [-0.2, 0) is 15.6 Å². The van der Waals surface area contributed by atoms with Gasteiger partial charge in [-0.25, -0.2) is 23.1 Å². The van der Waals surface area contributed by atoms with Gasteiger partial charge < -0.3 is 5.32 Å². The average molecular weight is 448 g/mol. The van der Waals surface area contributed by atoms with Gasteiger partial charge in [-0.2, -0.15) is 5.10 Å². The third kappa shape index (κ3) is 4.23. The minimum atomic E-state index is -3.15. The van der Waals surface area contributed by atoms with E-state index in [4.69, 9.17) is 0 Å². The van der Waals surface area contributed by atoms with E-state index in [1.165, 1.54) is 6.33 Å². The van der Waals surface area contributed by atoms with Crippen molar-refractivity contribution in [2.45, 2.75) is 43.1 Å². The molecule has 1 aliphatic rings. The third-order valence-electron chi connectivity index (χ3n) is 5.98. The largest absolute Gasteiger partial charge is 0.340 e. The van der Waals surface area contributed by atoms with Crippen LogP contribution < -0.4 is 5.32 Å². The summed E-state index contributed by atoms with van der Waals surface area (Å²) >= 11 is 0. The molecule has 1 fully saturated rings. The number of nitrogens with zero attached hydrogens (tertiary/aromatic N) is 4. The molecule has 32 heavy (non-hydrogen) atoms. The molecular formula is C24H25N5O2S. The Hall–Kier alpha value is -3.26. The Balaban J connectivity index is 1.40. The van der Waals surface area contributed by atoms with Crippen LogP contribution in [0.4, 0.5) is 11.5 Å². The normalized spacial score (nSPS) is 15.1. The topological polar surface area (TPSA) is 89.8 Å². The number of rotatable bonds is 6. The van der Waals surface area contributed by atoms with Crippen molar-refractivity contribution in [2.24, 2.45) is 0 Å². The predicted molar refractivity (Wildman–Crippen MR) is 126 cm³/mol. The Morgan fingerprint density at radius 3 is 2.59 bits per heavy atom. The zero-order valence-electron chi connectivity index (χ0n) is 17.7. The highest BCUT2D eigenvalue weighted by Gasteiger charge is 2.27. The molecule has 0 unspecified atom stereocenters. The van der Waals surface area contributed by atoms with Crippen LogP contribution in [-0.4, -0.2) is 33.4 Å². The van der Waals surface area contributed by atoms with E-state index in [0.717, 1.165) is 54.4 Å². The molecule has 7 nitrogen and oxygen atoms in total. The number of para-hydroxylation sites is 1. The Morgan fingerprint density at radius 1 is 0.969 bits per heavy atom. The monoisotopic (exact) mass is 447 g/mol. The van der Waals surface area contributed by atoms with E-state index in [0.29, 0.717) is 11.5 Å². The van der Waals surface area contributed by atoms with Gasteiger partial charge in [-0.15, -0.1) is 0 Å². The van der Waals surface area contributed by atoms with Gasteiger partial charge in [-0.3, -0.25) is 0 Å². The van der Waals surface area contributed by atoms with E-state index in [1.54, 1.807) is 10.9 Å². The molecule has 4 aromatic rings. The smallest absolute Gasteiger partial charge is 0.168 e. The van der Waals surface area contributed by atoms with Crippen molar-refractivity contribution in [3.8, 4) is 5.69 Å².